The zero-order chi connectivity index (χ0) is 21.3. The molecule has 1 heterocycles. The second-order valence-electron chi connectivity index (χ2n) is 6.05. The highest BCUT2D eigenvalue weighted by Crippen LogP contribution is 2.36. The molecule has 2 N–H and O–H groups in total. The van der Waals surface area contributed by atoms with Crippen LogP contribution in [0, 0.1) is 0 Å². The van der Waals surface area contributed by atoms with Crippen molar-refractivity contribution in [1.29, 1.82) is 0 Å². The normalized spacial score (nSPS) is 13.5. The van der Waals surface area contributed by atoms with Crippen LogP contribution in [0.25, 0.3) is 0 Å². The fourth-order valence-electron chi connectivity index (χ4n) is 2.51. The highest BCUT2D eigenvalue weighted by Gasteiger charge is 2.28. The lowest BCUT2D eigenvalue weighted by molar-refractivity contribution is -0.118. The van der Waals surface area contributed by atoms with Gasteiger partial charge in [0.1, 0.15) is 10.6 Å². The molecule has 0 atom stereocenters. The van der Waals surface area contributed by atoms with Gasteiger partial charge in [0.15, 0.2) is 6.61 Å². The topological polar surface area (TPSA) is 105 Å². The van der Waals surface area contributed by atoms with E-state index in [9.17, 15) is 18.0 Å². The van der Waals surface area contributed by atoms with Gasteiger partial charge in [0.05, 0.1) is 27.3 Å². The number of ether oxygens (including phenoxy) is 1. The van der Waals surface area contributed by atoms with E-state index in [1.807, 2.05) is 0 Å². The minimum Gasteiger partial charge on any atom is -0.482 e. The zero-order valence-corrected chi connectivity index (χ0v) is 17.9. The predicted octanol–water partition coefficient (Wildman–Crippen LogP) is 3.24. The Kier molecular flexibility index (Phi) is 6.25. The van der Waals surface area contributed by atoms with E-state index in [1.165, 1.54) is 37.4 Å². The first-order valence-corrected chi connectivity index (χ1v) is 10.6. The molecule has 0 aromatic heterocycles. The van der Waals surface area contributed by atoms with Gasteiger partial charge in [-0.3, -0.25) is 9.59 Å². The SMILES string of the molecule is CN(CC(=O)Nc1ccc(Cl)c(Cl)c1)S(=O)(=O)c1cc2c(cc1Cl)NC(=O)CO2. The predicted molar refractivity (Wildman–Crippen MR) is 110 cm³/mol. The summed E-state index contributed by atoms with van der Waals surface area (Å²) in [5.41, 5.74) is 0.636. The largest absolute Gasteiger partial charge is 0.482 e. The summed E-state index contributed by atoms with van der Waals surface area (Å²) in [6.45, 7) is -0.719. The van der Waals surface area contributed by atoms with Gasteiger partial charge in [-0.25, -0.2) is 8.42 Å². The molecule has 0 saturated heterocycles. The van der Waals surface area contributed by atoms with E-state index in [0.29, 0.717) is 10.7 Å². The van der Waals surface area contributed by atoms with Gasteiger partial charge >= 0.3 is 0 Å². The first-order chi connectivity index (χ1) is 13.6. The maximum Gasteiger partial charge on any atom is 0.262 e. The zero-order valence-electron chi connectivity index (χ0n) is 14.8. The molecule has 1 aliphatic heterocycles. The summed E-state index contributed by atoms with van der Waals surface area (Å²) in [4.78, 5) is 23.4. The van der Waals surface area contributed by atoms with E-state index in [2.05, 4.69) is 10.6 Å². The number of rotatable bonds is 5. The number of hydrogen-bond donors (Lipinski definition) is 2. The fourth-order valence-corrected chi connectivity index (χ4v) is 4.45. The van der Waals surface area contributed by atoms with Gasteiger partial charge in [-0.15, -0.1) is 0 Å². The lowest BCUT2D eigenvalue weighted by Crippen LogP contribution is -2.35. The van der Waals surface area contributed by atoms with Crippen molar-refractivity contribution in [2.45, 2.75) is 4.90 Å². The lowest BCUT2D eigenvalue weighted by Gasteiger charge is -2.22. The van der Waals surface area contributed by atoms with Crippen molar-refractivity contribution in [2.75, 3.05) is 30.8 Å². The van der Waals surface area contributed by atoms with Gasteiger partial charge in [-0.05, 0) is 24.3 Å². The van der Waals surface area contributed by atoms with E-state index < -0.39 is 22.5 Å². The minimum absolute atomic E-state index is 0.119. The Labute approximate surface area is 181 Å². The summed E-state index contributed by atoms with van der Waals surface area (Å²) in [6, 6.07) is 6.98. The summed E-state index contributed by atoms with van der Waals surface area (Å²) in [6.07, 6.45) is 0. The number of likely N-dealkylation sites (N-methyl/N-ethyl adjacent to an activating group) is 1. The van der Waals surface area contributed by atoms with Crippen LogP contribution in [0.2, 0.25) is 15.1 Å². The molecular weight excluding hydrogens is 465 g/mol. The second-order valence-corrected chi connectivity index (χ2v) is 9.29. The molecule has 0 spiro atoms. The average molecular weight is 479 g/mol. The van der Waals surface area contributed by atoms with Gasteiger partial charge in [0.2, 0.25) is 15.9 Å². The molecule has 0 saturated carbocycles. The fraction of sp³-hybridized carbons (Fsp3) is 0.176. The first-order valence-electron chi connectivity index (χ1n) is 8.05. The molecule has 12 heteroatoms. The Morgan fingerprint density at radius 2 is 1.90 bits per heavy atom. The summed E-state index contributed by atoms with van der Waals surface area (Å²) < 4.78 is 31.8. The van der Waals surface area contributed by atoms with Crippen LogP contribution in [0.4, 0.5) is 11.4 Å². The molecule has 0 radical (unpaired) electrons. The van der Waals surface area contributed by atoms with Crippen LogP contribution in [0.15, 0.2) is 35.2 Å². The number of anilines is 2. The molecule has 0 unspecified atom stereocenters. The van der Waals surface area contributed by atoms with Gasteiger partial charge < -0.3 is 15.4 Å². The Morgan fingerprint density at radius 1 is 1.17 bits per heavy atom. The third-order valence-corrected chi connectivity index (χ3v) is 6.93. The Balaban J connectivity index is 1.77. The molecule has 154 valence electrons. The van der Waals surface area contributed by atoms with Crippen molar-refractivity contribution in [3.05, 3.63) is 45.4 Å². The highest BCUT2D eigenvalue weighted by molar-refractivity contribution is 7.89. The van der Waals surface area contributed by atoms with Crippen LogP contribution < -0.4 is 15.4 Å². The Morgan fingerprint density at radius 3 is 2.59 bits per heavy atom. The van der Waals surface area contributed by atoms with Crippen LogP contribution in [-0.2, 0) is 19.6 Å². The number of amides is 2. The van der Waals surface area contributed by atoms with Gasteiger partial charge in [-0.1, -0.05) is 34.8 Å². The number of carbonyl (C=O) groups is 2. The van der Waals surface area contributed by atoms with Crippen molar-refractivity contribution in [3.8, 4) is 5.75 Å². The highest BCUT2D eigenvalue weighted by atomic mass is 35.5. The maximum absolute atomic E-state index is 12.9. The number of nitrogens with zero attached hydrogens (tertiary/aromatic N) is 1. The third-order valence-electron chi connectivity index (χ3n) is 3.92. The number of benzene rings is 2. The van der Waals surface area contributed by atoms with Crippen LogP contribution in [0.3, 0.4) is 0 Å². The first kappa shape index (κ1) is 21.7. The number of sulfonamides is 1. The van der Waals surface area contributed by atoms with Gasteiger partial charge in [0.25, 0.3) is 5.91 Å². The molecule has 8 nitrogen and oxygen atoms in total. The van der Waals surface area contributed by atoms with Gasteiger partial charge in [-0.2, -0.15) is 4.31 Å². The Hall–Kier alpha value is -2.04. The molecule has 0 aliphatic carbocycles. The van der Waals surface area contributed by atoms with Crippen molar-refractivity contribution >= 4 is 68.0 Å². The quantitative estimate of drug-likeness (QED) is 0.686. The van der Waals surface area contributed by atoms with Crippen molar-refractivity contribution < 1.29 is 22.7 Å². The molecule has 2 amide bonds. The van der Waals surface area contributed by atoms with E-state index >= 15 is 0 Å². The van der Waals surface area contributed by atoms with Crippen LogP contribution in [0.5, 0.6) is 5.75 Å². The summed E-state index contributed by atoms with van der Waals surface area (Å²) >= 11 is 17.8. The second kappa shape index (κ2) is 8.37. The van der Waals surface area contributed by atoms with Crippen LogP contribution in [-0.4, -0.2) is 44.7 Å². The Bertz CT molecular complexity index is 1110. The number of nitrogens with one attached hydrogen (secondary N) is 2. The molecule has 1 aliphatic rings. The average Bonchev–Trinajstić information content (AvgIpc) is 2.63. The van der Waals surface area contributed by atoms with Crippen molar-refractivity contribution in [2.24, 2.45) is 0 Å². The summed E-state index contributed by atoms with van der Waals surface area (Å²) in [5.74, 6) is -0.798. The van der Waals surface area contributed by atoms with E-state index in [0.717, 1.165) is 4.31 Å². The smallest absolute Gasteiger partial charge is 0.262 e. The monoisotopic (exact) mass is 477 g/mol. The molecular formula is C17H14Cl3N3O5S. The maximum atomic E-state index is 12.9. The standard InChI is InChI=1S/C17H14Cl3N3O5S/c1-23(7-16(24)21-9-2-3-10(18)11(19)4-9)29(26,27)15-6-14-13(5-12(15)20)22-17(25)8-28-14/h2-6H,7-8H2,1H3,(H,21,24)(H,22,25). The number of fused-ring (bicyclic) bond motifs is 1. The molecule has 2 aromatic rings. The lowest BCUT2D eigenvalue weighted by atomic mass is 10.2. The molecule has 0 bridgehead atoms. The van der Waals surface area contributed by atoms with Crippen LogP contribution in [0.1, 0.15) is 0 Å². The molecule has 0 fully saturated rings. The van der Waals surface area contributed by atoms with E-state index in [1.54, 1.807) is 0 Å². The van der Waals surface area contributed by atoms with E-state index in [-0.39, 0.29) is 38.9 Å². The number of hydrogen-bond acceptors (Lipinski definition) is 5. The van der Waals surface area contributed by atoms with Gasteiger partial charge in [0, 0.05) is 18.8 Å². The van der Waals surface area contributed by atoms with E-state index in [4.69, 9.17) is 39.5 Å². The van der Waals surface area contributed by atoms with Crippen molar-refractivity contribution in [1.82, 2.24) is 4.31 Å². The van der Waals surface area contributed by atoms with Crippen molar-refractivity contribution in [3.63, 3.8) is 0 Å². The van der Waals surface area contributed by atoms with Crippen LogP contribution >= 0.6 is 34.8 Å². The minimum atomic E-state index is -4.12. The number of halogens is 3. The molecule has 2 aromatic carbocycles. The molecule has 3 rings (SSSR count). The summed E-state index contributed by atoms with van der Waals surface area (Å²) in [5, 5.41) is 5.53. The summed E-state index contributed by atoms with van der Waals surface area (Å²) in [7, 11) is -2.88. The molecule has 29 heavy (non-hydrogen) atoms. The number of carbonyl (C=O) groups excluding carboxylic acids is 2. The third kappa shape index (κ3) is 4.76.